The summed E-state index contributed by atoms with van der Waals surface area (Å²) in [4.78, 5) is 0.309. The smallest absolute Gasteiger partial charge is 0.210 e. The Morgan fingerprint density at radius 3 is 2.28 bits per heavy atom. The lowest BCUT2D eigenvalue weighted by atomic mass is 10.2. The molecule has 3 nitrogen and oxygen atoms in total. The standard InChI is InChI=1S/C12H18BrNO2S2/c1-12(2,17-3)9-14-18(15,16)11-6-4-10(8-13)5-7-11/h4-7,14H,8-9H2,1-3H3. The molecule has 102 valence electrons. The van der Waals surface area contributed by atoms with Gasteiger partial charge in [0.05, 0.1) is 4.90 Å². The first-order valence-electron chi connectivity index (χ1n) is 5.50. The van der Waals surface area contributed by atoms with Crippen LogP contribution in [-0.4, -0.2) is 26.0 Å². The molecule has 0 radical (unpaired) electrons. The number of alkyl halides is 1. The molecule has 0 aliphatic carbocycles. The van der Waals surface area contributed by atoms with Crippen LogP contribution in [0.1, 0.15) is 19.4 Å². The van der Waals surface area contributed by atoms with Crippen molar-refractivity contribution in [2.24, 2.45) is 0 Å². The summed E-state index contributed by atoms with van der Waals surface area (Å²) in [6.07, 6.45) is 1.97. The maximum Gasteiger partial charge on any atom is 0.240 e. The number of hydrogen-bond acceptors (Lipinski definition) is 3. The summed E-state index contributed by atoms with van der Waals surface area (Å²) in [7, 11) is -3.41. The van der Waals surface area contributed by atoms with Crippen molar-refractivity contribution in [3.05, 3.63) is 29.8 Å². The quantitative estimate of drug-likeness (QED) is 0.801. The van der Waals surface area contributed by atoms with Gasteiger partial charge in [-0.1, -0.05) is 28.1 Å². The zero-order valence-electron chi connectivity index (χ0n) is 10.7. The van der Waals surface area contributed by atoms with Gasteiger partial charge >= 0.3 is 0 Å². The number of hydrogen-bond donors (Lipinski definition) is 1. The molecule has 0 aliphatic rings. The van der Waals surface area contributed by atoms with Crippen molar-refractivity contribution in [2.45, 2.75) is 28.8 Å². The molecule has 0 aliphatic heterocycles. The fourth-order valence-corrected chi connectivity index (χ4v) is 3.08. The molecule has 0 spiro atoms. The first-order chi connectivity index (χ1) is 8.30. The summed E-state index contributed by atoms with van der Waals surface area (Å²) in [6, 6.07) is 6.88. The van der Waals surface area contributed by atoms with Gasteiger partial charge in [0.2, 0.25) is 10.0 Å². The predicted octanol–water partition coefficient (Wildman–Crippen LogP) is 3.00. The van der Waals surface area contributed by atoms with E-state index in [1.54, 1.807) is 23.9 Å². The number of nitrogens with one attached hydrogen (secondary N) is 1. The van der Waals surface area contributed by atoms with Crippen molar-refractivity contribution < 1.29 is 8.42 Å². The third-order valence-corrected chi connectivity index (χ3v) is 5.94. The molecule has 0 saturated carbocycles. The molecule has 1 aromatic carbocycles. The number of rotatable bonds is 6. The van der Waals surface area contributed by atoms with Crippen molar-refractivity contribution in [3.63, 3.8) is 0 Å². The molecule has 0 unspecified atom stereocenters. The fourth-order valence-electron chi connectivity index (χ4n) is 1.18. The highest BCUT2D eigenvalue weighted by atomic mass is 79.9. The third kappa shape index (κ3) is 4.57. The van der Waals surface area contributed by atoms with Gasteiger partial charge in [-0.3, -0.25) is 0 Å². The van der Waals surface area contributed by atoms with Gasteiger partial charge in [0, 0.05) is 16.6 Å². The lowest BCUT2D eigenvalue weighted by Crippen LogP contribution is -2.36. The SMILES string of the molecule is CSC(C)(C)CNS(=O)(=O)c1ccc(CBr)cc1. The summed E-state index contributed by atoms with van der Waals surface area (Å²) in [5.74, 6) is 0. The lowest BCUT2D eigenvalue weighted by molar-refractivity contribution is 0.571. The molecule has 0 atom stereocenters. The number of thioether (sulfide) groups is 1. The molecule has 1 rings (SSSR count). The van der Waals surface area contributed by atoms with E-state index in [2.05, 4.69) is 20.7 Å². The number of benzene rings is 1. The van der Waals surface area contributed by atoms with Crippen molar-refractivity contribution in [2.75, 3.05) is 12.8 Å². The summed E-state index contributed by atoms with van der Waals surface area (Å²) in [6.45, 7) is 4.43. The second-order valence-electron chi connectivity index (χ2n) is 4.57. The molecule has 1 aromatic rings. The van der Waals surface area contributed by atoms with Crippen LogP contribution in [0.15, 0.2) is 29.2 Å². The van der Waals surface area contributed by atoms with E-state index in [1.807, 2.05) is 32.2 Å². The van der Waals surface area contributed by atoms with Crippen LogP contribution in [0.5, 0.6) is 0 Å². The highest BCUT2D eigenvalue weighted by molar-refractivity contribution is 9.08. The van der Waals surface area contributed by atoms with Gasteiger partial charge in [-0.15, -0.1) is 0 Å². The van der Waals surface area contributed by atoms with Gasteiger partial charge in [0.1, 0.15) is 0 Å². The Kier molecular flexibility index (Phi) is 5.70. The Bertz CT molecular complexity index is 483. The van der Waals surface area contributed by atoms with Crippen LogP contribution in [-0.2, 0) is 15.4 Å². The molecule has 6 heteroatoms. The predicted molar refractivity (Wildman–Crippen MR) is 81.9 cm³/mol. The highest BCUT2D eigenvalue weighted by Crippen LogP contribution is 2.21. The van der Waals surface area contributed by atoms with E-state index in [-0.39, 0.29) is 4.75 Å². The molecule has 0 saturated heterocycles. The fraction of sp³-hybridized carbons (Fsp3) is 0.500. The first kappa shape index (κ1) is 16.0. The Balaban J connectivity index is 2.80. The largest absolute Gasteiger partial charge is 0.240 e. The van der Waals surface area contributed by atoms with Crippen molar-refractivity contribution >= 4 is 37.7 Å². The van der Waals surface area contributed by atoms with E-state index in [9.17, 15) is 8.42 Å². The zero-order valence-corrected chi connectivity index (χ0v) is 14.0. The summed E-state index contributed by atoms with van der Waals surface area (Å²) in [5.41, 5.74) is 1.05. The molecule has 1 N–H and O–H groups in total. The van der Waals surface area contributed by atoms with E-state index in [0.717, 1.165) is 10.9 Å². The normalized spacial score (nSPS) is 12.7. The lowest BCUT2D eigenvalue weighted by Gasteiger charge is -2.22. The second kappa shape index (κ2) is 6.41. The van der Waals surface area contributed by atoms with Crippen LogP contribution < -0.4 is 4.72 Å². The van der Waals surface area contributed by atoms with Gasteiger partial charge in [0.15, 0.2) is 0 Å². The van der Waals surface area contributed by atoms with E-state index in [1.165, 1.54) is 0 Å². The molecule has 0 bridgehead atoms. The van der Waals surface area contributed by atoms with Gasteiger partial charge in [-0.2, -0.15) is 11.8 Å². The van der Waals surface area contributed by atoms with Gasteiger partial charge in [0.25, 0.3) is 0 Å². The second-order valence-corrected chi connectivity index (χ2v) is 8.41. The molecule has 0 fully saturated rings. The van der Waals surface area contributed by atoms with Gasteiger partial charge in [-0.25, -0.2) is 13.1 Å². The third-order valence-electron chi connectivity index (χ3n) is 2.63. The maximum absolute atomic E-state index is 12.1. The Morgan fingerprint density at radius 1 is 1.28 bits per heavy atom. The van der Waals surface area contributed by atoms with Crippen LogP contribution >= 0.6 is 27.7 Å². The molecule has 0 amide bonds. The monoisotopic (exact) mass is 351 g/mol. The van der Waals surface area contributed by atoms with Crippen LogP contribution in [0, 0.1) is 0 Å². The number of halogens is 1. The topological polar surface area (TPSA) is 46.2 Å². The Labute approximate surface area is 122 Å². The van der Waals surface area contributed by atoms with E-state index < -0.39 is 10.0 Å². The van der Waals surface area contributed by atoms with Gasteiger partial charge in [-0.05, 0) is 37.8 Å². The Hall–Kier alpha value is -0.0400. The first-order valence-corrected chi connectivity index (χ1v) is 9.33. The minimum absolute atomic E-state index is 0.108. The Morgan fingerprint density at radius 2 is 1.83 bits per heavy atom. The summed E-state index contributed by atoms with van der Waals surface area (Å²) >= 11 is 4.97. The molecular formula is C12H18BrNO2S2. The van der Waals surface area contributed by atoms with Crippen molar-refractivity contribution in [3.8, 4) is 0 Å². The minimum atomic E-state index is -3.41. The average Bonchev–Trinajstić information content (AvgIpc) is 2.37. The van der Waals surface area contributed by atoms with Crippen molar-refractivity contribution in [1.29, 1.82) is 0 Å². The minimum Gasteiger partial charge on any atom is -0.210 e. The molecule has 0 heterocycles. The molecule has 0 aromatic heterocycles. The molecule has 18 heavy (non-hydrogen) atoms. The van der Waals surface area contributed by atoms with Crippen LogP contribution in [0.4, 0.5) is 0 Å². The van der Waals surface area contributed by atoms with Crippen molar-refractivity contribution in [1.82, 2.24) is 4.72 Å². The van der Waals surface area contributed by atoms with E-state index in [0.29, 0.717) is 11.4 Å². The van der Waals surface area contributed by atoms with Crippen LogP contribution in [0.3, 0.4) is 0 Å². The molecular weight excluding hydrogens is 334 g/mol. The summed E-state index contributed by atoms with van der Waals surface area (Å²) in [5, 5.41) is 0.722. The zero-order chi connectivity index (χ0) is 13.8. The van der Waals surface area contributed by atoms with Crippen LogP contribution in [0.2, 0.25) is 0 Å². The maximum atomic E-state index is 12.1. The van der Waals surface area contributed by atoms with E-state index in [4.69, 9.17) is 0 Å². The highest BCUT2D eigenvalue weighted by Gasteiger charge is 2.21. The number of sulfonamides is 1. The summed E-state index contributed by atoms with van der Waals surface area (Å²) < 4.78 is 26.7. The van der Waals surface area contributed by atoms with Gasteiger partial charge < -0.3 is 0 Å². The van der Waals surface area contributed by atoms with Crippen LogP contribution in [0.25, 0.3) is 0 Å². The average molecular weight is 352 g/mol. The van der Waals surface area contributed by atoms with E-state index >= 15 is 0 Å².